The Bertz CT molecular complexity index is 987. The summed E-state index contributed by atoms with van der Waals surface area (Å²) in [5.74, 6) is -4.03. The van der Waals surface area contributed by atoms with Crippen molar-refractivity contribution < 1.29 is 34.8 Å². The summed E-state index contributed by atoms with van der Waals surface area (Å²) in [6.45, 7) is 0. The van der Waals surface area contributed by atoms with Gasteiger partial charge in [-0.1, -0.05) is 6.07 Å². The highest BCUT2D eigenvalue weighted by atomic mass is 16.5. The first-order chi connectivity index (χ1) is 11.9. The van der Waals surface area contributed by atoms with Gasteiger partial charge in [0.05, 0.1) is 0 Å². The number of aliphatic carboxylic acids is 1. The summed E-state index contributed by atoms with van der Waals surface area (Å²) in [4.78, 5) is 24.1. The van der Waals surface area contributed by atoms with Crippen LogP contribution in [0.2, 0.25) is 0 Å². The molecule has 0 radical (unpaired) electrons. The van der Waals surface area contributed by atoms with Gasteiger partial charge in [-0.3, -0.25) is 9.59 Å². The lowest BCUT2D eigenvalue weighted by Gasteiger charge is -2.24. The van der Waals surface area contributed by atoms with E-state index in [1.807, 2.05) is 0 Å². The molecular formula is C18H12O7. The summed E-state index contributed by atoms with van der Waals surface area (Å²) >= 11 is 0. The minimum Gasteiger partial charge on any atom is -0.508 e. The van der Waals surface area contributed by atoms with Crippen LogP contribution in [0, 0.1) is 5.92 Å². The fourth-order valence-corrected chi connectivity index (χ4v) is 3.24. The number of fused-ring (bicyclic) bond motifs is 1. The van der Waals surface area contributed by atoms with Crippen molar-refractivity contribution in [3.8, 4) is 28.7 Å². The minimum absolute atomic E-state index is 0.0228. The van der Waals surface area contributed by atoms with Crippen LogP contribution in [-0.2, 0) is 16.0 Å². The molecule has 126 valence electrons. The second-order valence-corrected chi connectivity index (χ2v) is 5.95. The van der Waals surface area contributed by atoms with Gasteiger partial charge < -0.3 is 25.2 Å². The van der Waals surface area contributed by atoms with E-state index in [9.17, 15) is 30.0 Å². The number of rotatable bonds is 1. The average Bonchev–Trinajstić information content (AvgIpc) is 2.71. The highest BCUT2D eigenvalue weighted by Gasteiger charge is 2.39. The molecule has 0 saturated heterocycles. The van der Waals surface area contributed by atoms with Crippen LogP contribution in [0.3, 0.4) is 0 Å². The maximum Gasteiger partial charge on any atom is 0.314 e. The van der Waals surface area contributed by atoms with Crippen molar-refractivity contribution in [2.24, 2.45) is 5.92 Å². The Morgan fingerprint density at radius 1 is 1.08 bits per heavy atom. The number of allylic oxidation sites excluding steroid dienone is 1. The Morgan fingerprint density at radius 3 is 2.56 bits per heavy atom. The van der Waals surface area contributed by atoms with Gasteiger partial charge in [-0.2, -0.15) is 0 Å². The van der Waals surface area contributed by atoms with Crippen LogP contribution in [0.15, 0.2) is 24.3 Å². The number of phenolic OH excluding ortho intramolecular Hbond substituents is 3. The second-order valence-electron chi connectivity index (χ2n) is 5.95. The Balaban J connectivity index is 2.07. The largest absolute Gasteiger partial charge is 0.508 e. The van der Waals surface area contributed by atoms with E-state index in [1.54, 1.807) is 6.07 Å². The number of carboxylic acids is 1. The van der Waals surface area contributed by atoms with Gasteiger partial charge in [-0.25, -0.2) is 0 Å². The summed E-state index contributed by atoms with van der Waals surface area (Å²) in [6.07, 6.45) is 1.34. The first-order valence-electron chi connectivity index (χ1n) is 7.44. The van der Waals surface area contributed by atoms with Crippen molar-refractivity contribution in [3.05, 3.63) is 41.0 Å². The average molecular weight is 340 g/mol. The smallest absolute Gasteiger partial charge is 0.314 e. The van der Waals surface area contributed by atoms with Crippen LogP contribution in [-0.4, -0.2) is 32.2 Å². The monoisotopic (exact) mass is 340 g/mol. The van der Waals surface area contributed by atoms with E-state index >= 15 is 0 Å². The molecule has 4 N–H and O–H groups in total. The number of hydrogen-bond acceptors (Lipinski definition) is 6. The highest BCUT2D eigenvalue weighted by molar-refractivity contribution is 6.32. The predicted molar refractivity (Wildman–Crippen MR) is 85.7 cm³/mol. The van der Waals surface area contributed by atoms with Crippen LogP contribution in [0.4, 0.5) is 0 Å². The normalized spacial score (nSPS) is 17.7. The molecule has 1 aliphatic heterocycles. The SMILES string of the molecule is O=C(O)C1Cc2ccc(O)c3c2C(=Cc2cc(O)cc(O)c2O3)C1=O. The Morgan fingerprint density at radius 2 is 1.84 bits per heavy atom. The molecule has 1 atom stereocenters. The maximum absolute atomic E-state index is 12.7. The fourth-order valence-electron chi connectivity index (χ4n) is 3.24. The molecule has 2 aliphatic rings. The zero-order valence-electron chi connectivity index (χ0n) is 12.7. The first kappa shape index (κ1) is 15.1. The lowest BCUT2D eigenvalue weighted by atomic mass is 9.78. The molecule has 1 aliphatic carbocycles. The third-order valence-electron chi connectivity index (χ3n) is 4.38. The number of Topliss-reactive ketones (excluding diaryl/α,β-unsaturated/α-hetero) is 1. The molecule has 7 heteroatoms. The Hall–Kier alpha value is -3.48. The second kappa shape index (κ2) is 5.01. The topological polar surface area (TPSA) is 124 Å². The number of hydrogen-bond donors (Lipinski definition) is 4. The molecule has 0 spiro atoms. The van der Waals surface area contributed by atoms with Gasteiger partial charge in [0.1, 0.15) is 11.7 Å². The fraction of sp³-hybridized carbons (Fsp3) is 0.111. The number of ether oxygens (including phenoxy) is 1. The Kier molecular flexibility index (Phi) is 3.02. The van der Waals surface area contributed by atoms with Crippen molar-refractivity contribution in [2.45, 2.75) is 6.42 Å². The van der Waals surface area contributed by atoms with E-state index in [-0.39, 0.29) is 46.3 Å². The summed E-state index contributed by atoms with van der Waals surface area (Å²) in [5.41, 5.74) is 1.11. The van der Waals surface area contributed by atoms with Gasteiger partial charge in [-0.15, -0.1) is 0 Å². The molecule has 0 bridgehead atoms. The number of phenols is 3. The van der Waals surface area contributed by atoms with Gasteiger partial charge in [0.15, 0.2) is 28.8 Å². The zero-order valence-corrected chi connectivity index (χ0v) is 12.7. The van der Waals surface area contributed by atoms with Crippen molar-refractivity contribution >= 4 is 23.4 Å². The lowest BCUT2D eigenvalue weighted by molar-refractivity contribution is -0.144. The number of aromatic hydroxyl groups is 3. The molecule has 25 heavy (non-hydrogen) atoms. The lowest BCUT2D eigenvalue weighted by Crippen LogP contribution is -2.31. The van der Waals surface area contributed by atoms with Gasteiger partial charge in [0.2, 0.25) is 0 Å². The quantitative estimate of drug-likeness (QED) is 0.587. The minimum atomic E-state index is -1.25. The molecule has 1 unspecified atom stereocenters. The molecule has 0 aromatic heterocycles. The molecule has 4 rings (SSSR count). The molecule has 0 fully saturated rings. The van der Waals surface area contributed by atoms with Crippen LogP contribution in [0.1, 0.15) is 16.7 Å². The van der Waals surface area contributed by atoms with Crippen LogP contribution in [0.25, 0.3) is 11.6 Å². The van der Waals surface area contributed by atoms with Crippen molar-refractivity contribution in [2.75, 3.05) is 0 Å². The van der Waals surface area contributed by atoms with E-state index in [0.29, 0.717) is 11.1 Å². The number of carbonyl (C=O) groups excluding carboxylic acids is 1. The summed E-state index contributed by atoms with van der Waals surface area (Å²) in [6, 6.07) is 5.24. The predicted octanol–water partition coefficient (Wildman–Crippen LogP) is 2.28. The zero-order chi connectivity index (χ0) is 17.9. The molecule has 0 amide bonds. The summed E-state index contributed by atoms with van der Waals surface area (Å²) < 4.78 is 5.65. The van der Waals surface area contributed by atoms with E-state index in [2.05, 4.69) is 0 Å². The van der Waals surface area contributed by atoms with Crippen molar-refractivity contribution in [1.29, 1.82) is 0 Å². The third-order valence-corrected chi connectivity index (χ3v) is 4.38. The Labute approximate surface area is 141 Å². The van der Waals surface area contributed by atoms with Crippen LogP contribution < -0.4 is 4.74 Å². The van der Waals surface area contributed by atoms with E-state index in [1.165, 1.54) is 18.2 Å². The van der Waals surface area contributed by atoms with Gasteiger partial charge in [-0.05, 0) is 30.2 Å². The highest BCUT2D eigenvalue weighted by Crippen LogP contribution is 2.50. The molecular weight excluding hydrogens is 328 g/mol. The number of carbonyl (C=O) groups is 2. The summed E-state index contributed by atoms with van der Waals surface area (Å²) in [7, 11) is 0. The van der Waals surface area contributed by atoms with Gasteiger partial charge in [0.25, 0.3) is 0 Å². The third kappa shape index (κ3) is 2.13. The molecule has 2 aromatic rings. The van der Waals surface area contributed by atoms with Gasteiger partial charge >= 0.3 is 5.97 Å². The molecule has 1 heterocycles. The summed E-state index contributed by atoms with van der Waals surface area (Å²) in [5, 5.41) is 39.2. The maximum atomic E-state index is 12.7. The number of benzene rings is 2. The van der Waals surface area contributed by atoms with Crippen LogP contribution >= 0.6 is 0 Å². The first-order valence-corrected chi connectivity index (χ1v) is 7.44. The number of carboxylic acid groups (broad SMARTS) is 1. The van der Waals surface area contributed by atoms with E-state index < -0.39 is 17.7 Å². The number of ketones is 1. The van der Waals surface area contributed by atoms with Crippen LogP contribution in [0.5, 0.6) is 28.7 Å². The van der Waals surface area contributed by atoms with Crippen molar-refractivity contribution in [1.82, 2.24) is 0 Å². The van der Waals surface area contributed by atoms with Gasteiger partial charge in [0, 0.05) is 22.8 Å². The molecule has 7 nitrogen and oxygen atoms in total. The molecule has 2 aromatic carbocycles. The van der Waals surface area contributed by atoms with E-state index in [4.69, 9.17) is 4.74 Å². The van der Waals surface area contributed by atoms with E-state index in [0.717, 1.165) is 6.07 Å². The standard InChI is InChI=1S/C18H12O7/c19-9-3-8-5-10-14-7(4-11(15(10)22)18(23)24)1-2-12(20)17(14)25-16(8)13(21)6-9/h1-3,5-6,11,19-21H,4H2,(H,23,24). The molecule has 0 saturated carbocycles. The van der Waals surface area contributed by atoms with Crippen molar-refractivity contribution in [3.63, 3.8) is 0 Å².